The fourth-order valence-electron chi connectivity index (χ4n) is 1.83. The molecule has 0 bridgehead atoms. The molecule has 0 saturated carbocycles. The van der Waals surface area contributed by atoms with Gasteiger partial charge in [0.15, 0.2) is 0 Å². The molecule has 1 amide bonds. The van der Waals surface area contributed by atoms with Gasteiger partial charge in [-0.2, -0.15) is 0 Å². The summed E-state index contributed by atoms with van der Waals surface area (Å²) in [7, 11) is 1.48. The molecule has 0 radical (unpaired) electrons. The lowest BCUT2D eigenvalue weighted by Gasteiger charge is -2.32. The Morgan fingerprint density at radius 2 is 2.47 bits per heavy atom. The van der Waals surface area contributed by atoms with Crippen LogP contribution in [0.3, 0.4) is 0 Å². The minimum Gasteiger partial charge on any atom is -0.374 e. The molecule has 0 aromatic heterocycles. The van der Waals surface area contributed by atoms with Crippen LogP contribution in [0.25, 0.3) is 0 Å². The molecular weight excluding hydrogens is 222 g/mol. The van der Waals surface area contributed by atoms with Crippen LogP contribution in [0.5, 0.6) is 0 Å². The number of likely N-dealkylation sites (N-methyl/N-ethyl adjacent to an activating group) is 1. The number of nitrogens with zero attached hydrogens (tertiary/aromatic N) is 1. The number of hydrogen-bond acceptors (Lipinski definition) is 5. The Hall–Kier alpha value is -0.690. The van der Waals surface area contributed by atoms with E-state index in [2.05, 4.69) is 17.1 Å². The summed E-state index contributed by atoms with van der Waals surface area (Å²) in [6.07, 6.45) is -0.510. The zero-order chi connectivity index (χ0) is 12.7. The van der Waals surface area contributed by atoms with Crippen molar-refractivity contribution in [1.29, 1.82) is 0 Å². The number of hydrogen-bond donors (Lipinski definition) is 2. The van der Waals surface area contributed by atoms with Crippen molar-refractivity contribution in [2.24, 2.45) is 5.73 Å². The maximum absolute atomic E-state index is 11.6. The first-order chi connectivity index (χ1) is 8.21. The number of carbonyl (C=O) groups excluding carboxylic acids is 1. The lowest BCUT2D eigenvalue weighted by molar-refractivity contribution is -0.131. The van der Waals surface area contributed by atoms with Crippen LogP contribution in [0.4, 0.5) is 0 Å². The van der Waals surface area contributed by atoms with Crippen LogP contribution in [0.15, 0.2) is 0 Å². The third-order valence-electron chi connectivity index (χ3n) is 2.97. The molecular formula is C11H23N3O3. The lowest BCUT2D eigenvalue weighted by atomic mass is 10.2. The molecule has 3 N–H and O–H groups in total. The minimum absolute atomic E-state index is 0.0583. The van der Waals surface area contributed by atoms with Crippen LogP contribution < -0.4 is 11.1 Å². The molecule has 100 valence electrons. The van der Waals surface area contributed by atoms with E-state index in [1.165, 1.54) is 7.11 Å². The van der Waals surface area contributed by atoms with E-state index in [9.17, 15) is 4.79 Å². The van der Waals surface area contributed by atoms with E-state index in [1.807, 2.05) is 0 Å². The van der Waals surface area contributed by atoms with E-state index in [4.69, 9.17) is 15.2 Å². The van der Waals surface area contributed by atoms with E-state index in [0.717, 1.165) is 26.2 Å². The van der Waals surface area contributed by atoms with Crippen molar-refractivity contribution < 1.29 is 14.3 Å². The van der Waals surface area contributed by atoms with Crippen molar-refractivity contribution in [2.45, 2.75) is 19.1 Å². The average molecular weight is 245 g/mol. The molecule has 17 heavy (non-hydrogen) atoms. The monoisotopic (exact) mass is 245 g/mol. The van der Waals surface area contributed by atoms with Gasteiger partial charge in [-0.25, -0.2) is 0 Å². The first-order valence-electron chi connectivity index (χ1n) is 6.05. The average Bonchev–Trinajstić information content (AvgIpc) is 2.38. The Labute approximate surface area is 102 Å². The second kappa shape index (κ2) is 7.60. The van der Waals surface area contributed by atoms with Crippen LogP contribution in [0.2, 0.25) is 0 Å². The molecule has 2 atom stereocenters. The van der Waals surface area contributed by atoms with Gasteiger partial charge in [0.1, 0.15) is 6.10 Å². The predicted molar refractivity (Wildman–Crippen MR) is 64.7 cm³/mol. The van der Waals surface area contributed by atoms with Crippen molar-refractivity contribution in [2.75, 3.05) is 46.4 Å². The third-order valence-corrected chi connectivity index (χ3v) is 2.97. The number of ether oxygens (including phenoxy) is 2. The highest BCUT2D eigenvalue weighted by Crippen LogP contribution is 2.03. The molecule has 1 aliphatic heterocycles. The van der Waals surface area contributed by atoms with E-state index in [0.29, 0.717) is 6.54 Å². The highest BCUT2D eigenvalue weighted by molar-refractivity contribution is 5.81. The highest BCUT2D eigenvalue weighted by atomic mass is 16.5. The largest absolute Gasteiger partial charge is 0.374 e. The van der Waals surface area contributed by atoms with Gasteiger partial charge in [-0.3, -0.25) is 9.69 Å². The van der Waals surface area contributed by atoms with E-state index >= 15 is 0 Å². The second-order valence-electron chi connectivity index (χ2n) is 4.09. The fraction of sp³-hybridized carbons (Fsp3) is 0.909. The topological polar surface area (TPSA) is 76.8 Å². The smallest absolute Gasteiger partial charge is 0.250 e. The summed E-state index contributed by atoms with van der Waals surface area (Å²) in [5.74, 6) is -0.174. The standard InChI is InChI=1S/C11H23N3O3/c1-3-14-4-5-17-9(8-14)7-13-11(15)10(6-12)16-2/h9-10H,3-8,12H2,1-2H3,(H,13,15). The highest BCUT2D eigenvalue weighted by Gasteiger charge is 2.21. The third kappa shape index (κ3) is 4.59. The maximum atomic E-state index is 11.6. The lowest BCUT2D eigenvalue weighted by Crippen LogP contribution is -2.49. The van der Waals surface area contributed by atoms with Crippen LogP contribution in [0.1, 0.15) is 6.92 Å². The number of morpholine rings is 1. The molecule has 1 rings (SSSR count). The molecule has 6 heteroatoms. The molecule has 1 aliphatic rings. The summed E-state index contributed by atoms with van der Waals surface area (Å²) in [6.45, 7) is 6.37. The van der Waals surface area contributed by atoms with Gasteiger partial charge in [0, 0.05) is 33.3 Å². The summed E-state index contributed by atoms with van der Waals surface area (Å²) >= 11 is 0. The van der Waals surface area contributed by atoms with Gasteiger partial charge in [0.05, 0.1) is 12.7 Å². The Bertz CT molecular complexity index is 234. The molecule has 1 heterocycles. The summed E-state index contributed by atoms with van der Waals surface area (Å²) in [5, 5.41) is 2.80. The SMILES string of the molecule is CCN1CCOC(CNC(=O)C(CN)OC)C1. The van der Waals surface area contributed by atoms with Crippen LogP contribution >= 0.6 is 0 Å². The first kappa shape index (κ1) is 14.4. The van der Waals surface area contributed by atoms with Crippen molar-refractivity contribution in [3.8, 4) is 0 Å². The van der Waals surface area contributed by atoms with Gasteiger partial charge in [-0.05, 0) is 6.54 Å². The number of amides is 1. The normalized spacial score (nSPS) is 23.4. The Morgan fingerprint density at radius 3 is 3.06 bits per heavy atom. The van der Waals surface area contributed by atoms with Gasteiger partial charge in [0.2, 0.25) is 0 Å². The number of nitrogens with two attached hydrogens (primary N) is 1. The Morgan fingerprint density at radius 1 is 1.71 bits per heavy atom. The molecule has 1 saturated heterocycles. The predicted octanol–water partition coefficient (Wildman–Crippen LogP) is -1.20. The van der Waals surface area contributed by atoms with Crippen molar-refractivity contribution in [1.82, 2.24) is 10.2 Å². The molecule has 2 unspecified atom stereocenters. The van der Waals surface area contributed by atoms with Crippen LogP contribution in [-0.4, -0.2) is 69.5 Å². The minimum atomic E-state index is -0.569. The Balaban J connectivity index is 2.27. The second-order valence-corrected chi connectivity index (χ2v) is 4.09. The zero-order valence-electron chi connectivity index (χ0n) is 10.6. The molecule has 1 fully saturated rings. The van der Waals surface area contributed by atoms with Gasteiger partial charge in [0.25, 0.3) is 5.91 Å². The van der Waals surface area contributed by atoms with Crippen LogP contribution in [0, 0.1) is 0 Å². The number of nitrogens with one attached hydrogen (secondary N) is 1. The van der Waals surface area contributed by atoms with Gasteiger partial charge < -0.3 is 20.5 Å². The van der Waals surface area contributed by atoms with Crippen molar-refractivity contribution in [3.05, 3.63) is 0 Å². The number of rotatable bonds is 6. The molecule has 0 aromatic rings. The van der Waals surface area contributed by atoms with Gasteiger partial charge in [-0.1, -0.05) is 6.92 Å². The zero-order valence-corrected chi connectivity index (χ0v) is 10.6. The summed E-state index contributed by atoms with van der Waals surface area (Å²) < 4.78 is 10.5. The van der Waals surface area contributed by atoms with Crippen LogP contribution in [-0.2, 0) is 14.3 Å². The van der Waals surface area contributed by atoms with Crippen molar-refractivity contribution in [3.63, 3.8) is 0 Å². The summed E-state index contributed by atoms with van der Waals surface area (Å²) in [4.78, 5) is 13.9. The number of carbonyl (C=O) groups is 1. The molecule has 0 aromatic carbocycles. The summed E-state index contributed by atoms with van der Waals surface area (Å²) in [5.41, 5.74) is 5.41. The molecule has 6 nitrogen and oxygen atoms in total. The van der Waals surface area contributed by atoms with Crippen molar-refractivity contribution >= 4 is 5.91 Å². The van der Waals surface area contributed by atoms with E-state index < -0.39 is 6.10 Å². The Kier molecular flexibility index (Phi) is 6.43. The van der Waals surface area contributed by atoms with Gasteiger partial charge >= 0.3 is 0 Å². The number of methoxy groups -OCH3 is 1. The molecule has 0 spiro atoms. The maximum Gasteiger partial charge on any atom is 0.250 e. The van der Waals surface area contributed by atoms with Gasteiger partial charge in [-0.15, -0.1) is 0 Å². The summed E-state index contributed by atoms with van der Waals surface area (Å²) in [6, 6.07) is 0. The molecule has 0 aliphatic carbocycles. The van der Waals surface area contributed by atoms with E-state index in [1.54, 1.807) is 0 Å². The van der Waals surface area contributed by atoms with E-state index in [-0.39, 0.29) is 18.6 Å². The fourth-order valence-corrected chi connectivity index (χ4v) is 1.83. The quantitative estimate of drug-likeness (QED) is 0.614. The first-order valence-corrected chi connectivity index (χ1v) is 6.05.